The van der Waals surface area contributed by atoms with E-state index in [4.69, 9.17) is 4.74 Å². The summed E-state index contributed by atoms with van der Waals surface area (Å²) in [6.45, 7) is 5.23. The maximum atomic E-state index is 5.24. The largest absolute Gasteiger partial charge is 0.497 e. The Bertz CT molecular complexity index is 560. The van der Waals surface area contributed by atoms with Gasteiger partial charge in [0.25, 0.3) is 0 Å². The lowest BCUT2D eigenvalue weighted by Crippen LogP contribution is -2.24. The molecule has 0 aliphatic carbocycles. The normalized spacial score (nSPS) is 12.4. The minimum Gasteiger partial charge on any atom is -0.497 e. The lowest BCUT2D eigenvalue weighted by Gasteiger charge is -2.19. The molecule has 1 N–H and O–H groups in total. The van der Waals surface area contributed by atoms with Crippen molar-refractivity contribution in [1.82, 2.24) is 15.1 Å². The van der Waals surface area contributed by atoms with E-state index in [0.29, 0.717) is 6.04 Å². The van der Waals surface area contributed by atoms with Gasteiger partial charge >= 0.3 is 0 Å². The molecule has 0 aliphatic heterocycles. The van der Waals surface area contributed by atoms with Gasteiger partial charge in [0.05, 0.1) is 12.8 Å². The molecule has 1 heterocycles. The average Bonchev–Trinajstić information content (AvgIpc) is 2.81. The quantitative estimate of drug-likeness (QED) is 0.851. The maximum absolute atomic E-state index is 5.24. The summed E-state index contributed by atoms with van der Waals surface area (Å²) in [7, 11) is 3.70. The van der Waals surface area contributed by atoms with Crippen molar-refractivity contribution < 1.29 is 4.74 Å². The van der Waals surface area contributed by atoms with E-state index in [1.807, 2.05) is 30.8 Å². The van der Waals surface area contributed by atoms with Crippen LogP contribution >= 0.6 is 0 Å². The van der Waals surface area contributed by atoms with Crippen molar-refractivity contribution in [2.24, 2.45) is 7.05 Å². The minimum absolute atomic E-state index is 0.297. The van der Waals surface area contributed by atoms with Gasteiger partial charge in [0, 0.05) is 25.2 Å². The molecular weight excluding hydrogens is 262 g/mol. The van der Waals surface area contributed by atoms with Crippen LogP contribution in [-0.4, -0.2) is 23.4 Å². The number of aryl methyl sites for hydroxylation is 2. The third kappa shape index (κ3) is 4.08. The predicted octanol–water partition coefficient (Wildman–Crippen LogP) is 3.02. The molecule has 0 spiro atoms. The second-order valence-corrected chi connectivity index (χ2v) is 5.38. The van der Waals surface area contributed by atoms with E-state index in [9.17, 15) is 0 Å². The van der Waals surface area contributed by atoms with Gasteiger partial charge in [-0.05, 0) is 43.7 Å². The number of nitrogens with one attached hydrogen (secondary N) is 1. The lowest BCUT2D eigenvalue weighted by molar-refractivity contribution is 0.414. The Morgan fingerprint density at radius 2 is 2.00 bits per heavy atom. The molecule has 0 bridgehead atoms. The van der Waals surface area contributed by atoms with Crippen LogP contribution in [0.3, 0.4) is 0 Å². The Labute approximate surface area is 127 Å². The van der Waals surface area contributed by atoms with E-state index in [0.717, 1.165) is 30.8 Å². The van der Waals surface area contributed by atoms with Crippen LogP contribution in [0.4, 0.5) is 0 Å². The van der Waals surface area contributed by atoms with Gasteiger partial charge in [-0.25, -0.2) is 0 Å². The molecule has 0 radical (unpaired) electrons. The molecule has 114 valence electrons. The van der Waals surface area contributed by atoms with Gasteiger partial charge in [-0.3, -0.25) is 4.68 Å². The van der Waals surface area contributed by atoms with E-state index in [1.54, 1.807) is 7.11 Å². The molecule has 2 rings (SSSR count). The summed E-state index contributed by atoms with van der Waals surface area (Å²) in [5.74, 6) is 0.893. The van der Waals surface area contributed by atoms with Crippen LogP contribution in [0.5, 0.6) is 5.75 Å². The van der Waals surface area contributed by atoms with Crippen molar-refractivity contribution in [3.63, 3.8) is 0 Å². The van der Waals surface area contributed by atoms with Gasteiger partial charge in [0.2, 0.25) is 0 Å². The second kappa shape index (κ2) is 7.27. The van der Waals surface area contributed by atoms with Crippen LogP contribution in [0.2, 0.25) is 0 Å². The molecule has 2 aromatic rings. The Balaban J connectivity index is 2.18. The Morgan fingerprint density at radius 1 is 1.29 bits per heavy atom. The van der Waals surface area contributed by atoms with E-state index in [-0.39, 0.29) is 0 Å². The summed E-state index contributed by atoms with van der Waals surface area (Å²) in [5.41, 5.74) is 3.59. The molecule has 1 atom stereocenters. The van der Waals surface area contributed by atoms with Crippen molar-refractivity contribution in [1.29, 1.82) is 0 Å². The highest BCUT2D eigenvalue weighted by Gasteiger charge is 2.14. The van der Waals surface area contributed by atoms with Crippen LogP contribution in [0, 0.1) is 6.92 Å². The number of methoxy groups -OCH3 is 1. The van der Waals surface area contributed by atoms with E-state index in [2.05, 4.69) is 35.5 Å². The first kappa shape index (κ1) is 15.6. The van der Waals surface area contributed by atoms with E-state index >= 15 is 0 Å². The van der Waals surface area contributed by atoms with Crippen LogP contribution < -0.4 is 10.1 Å². The number of ether oxygens (including phenoxy) is 1. The summed E-state index contributed by atoms with van der Waals surface area (Å²) in [5, 5.41) is 8.06. The van der Waals surface area contributed by atoms with Gasteiger partial charge < -0.3 is 10.1 Å². The van der Waals surface area contributed by atoms with E-state index in [1.165, 1.54) is 11.3 Å². The lowest BCUT2D eigenvalue weighted by atomic mass is 10.0. The first-order valence-electron chi connectivity index (χ1n) is 7.51. The molecule has 21 heavy (non-hydrogen) atoms. The van der Waals surface area contributed by atoms with Crippen LogP contribution in [0.15, 0.2) is 30.3 Å². The van der Waals surface area contributed by atoms with Crippen molar-refractivity contribution in [2.75, 3.05) is 13.7 Å². The van der Waals surface area contributed by atoms with Crippen molar-refractivity contribution >= 4 is 0 Å². The summed E-state index contributed by atoms with van der Waals surface area (Å²) in [6.07, 6.45) is 2.06. The molecular formula is C17H25N3O. The zero-order chi connectivity index (χ0) is 15.2. The topological polar surface area (TPSA) is 39.1 Å². The fraction of sp³-hybridized carbons (Fsp3) is 0.471. The van der Waals surface area contributed by atoms with Gasteiger partial charge in [-0.2, -0.15) is 5.10 Å². The molecule has 1 unspecified atom stereocenters. The van der Waals surface area contributed by atoms with Crippen molar-refractivity contribution in [3.8, 4) is 5.75 Å². The van der Waals surface area contributed by atoms with Gasteiger partial charge in [-0.15, -0.1) is 0 Å². The Morgan fingerprint density at radius 3 is 2.52 bits per heavy atom. The van der Waals surface area contributed by atoms with Crippen molar-refractivity contribution in [3.05, 3.63) is 47.3 Å². The standard InChI is InChI=1S/C17H25N3O/c1-5-10-18-17(12-15-11-13(2)19-20(15)3)14-6-8-16(21-4)9-7-14/h6-9,11,17-18H,5,10,12H2,1-4H3. The molecule has 0 fully saturated rings. The summed E-state index contributed by atoms with van der Waals surface area (Å²) in [4.78, 5) is 0. The highest BCUT2D eigenvalue weighted by Crippen LogP contribution is 2.21. The monoisotopic (exact) mass is 287 g/mol. The number of aromatic nitrogens is 2. The van der Waals surface area contributed by atoms with Crippen LogP contribution in [0.25, 0.3) is 0 Å². The molecule has 0 aliphatic rings. The highest BCUT2D eigenvalue weighted by atomic mass is 16.5. The number of hydrogen-bond acceptors (Lipinski definition) is 3. The SMILES string of the molecule is CCCNC(Cc1cc(C)nn1C)c1ccc(OC)cc1. The molecule has 0 saturated carbocycles. The average molecular weight is 287 g/mol. The molecule has 1 aromatic heterocycles. The van der Waals surface area contributed by atoms with Gasteiger partial charge in [0.15, 0.2) is 0 Å². The molecule has 4 heteroatoms. The maximum Gasteiger partial charge on any atom is 0.118 e. The predicted molar refractivity (Wildman–Crippen MR) is 85.7 cm³/mol. The first-order chi connectivity index (χ1) is 10.1. The molecule has 4 nitrogen and oxygen atoms in total. The Kier molecular flexibility index (Phi) is 5.39. The summed E-state index contributed by atoms with van der Waals surface area (Å²) in [6, 6.07) is 10.8. The molecule has 1 aromatic carbocycles. The van der Waals surface area contributed by atoms with Gasteiger partial charge in [0.1, 0.15) is 5.75 Å². The van der Waals surface area contributed by atoms with Crippen LogP contribution in [0.1, 0.15) is 36.3 Å². The third-order valence-electron chi connectivity index (χ3n) is 3.67. The highest BCUT2D eigenvalue weighted by molar-refractivity contribution is 5.30. The minimum atomic E-state index is 0.297. The summed E-state index contributed by atoms with van der Waals surface area (Å²) < 4.78 is 7.21. The summed E-state index contributed by atoms with van der Waals surface area (Å²) >= 11 is 0. The van der Waals surface area contributed by atoms with Crippen LogP contribution in [-0.2, 0) is 13.5 Å². The number of nitrogens with zero attached hydrogens (tertiary/aromatic N) is 2. The number of hydrogen-bond donors (Lipinski definition) is 1. The second-order valence-electron chi connectivity index (χ2n) is 5.38. The Hall–Kier alpha value is -1.81. The number of benzene rings is 1. The van der Waals surface area contributed by atoms with Crippen molar-refractivity contribution in [2.45, 2.75) is 32.7 Å². The van der Waals surface area contributed by atoms with Gasteiger partial charge in [-0.1, -0.05) is 19.1 Å². The zero-order valence-corrected chi connectivity index (χ0v) is 13.4. The fourth-order valence-electron chi connectivity index (χ4n) is 2.53. The third-order valence-corrected chi connectivity index (χ3v) is 3.67. The zero-order valence-electron chi connectivity index (χ0n) is 13.4. The fourth-order valence-corrected chi connectivity index (χ4v) is 2.53. The molecule has 0 amide bonds. The van der Waals surface area contributed by atoms with E-state index < -0.39 is 0 Å². The molecule has 0 saturated heterocycles. The number of rotatable bonds is 7. The smallest absolute Gasteiger partial charge is 0.118 e. The first-order valence-corrected chi connectivity index (χ1v) is 7.51.